The molecule has 0 aliphatic heterocycles. The van der Waals surface area contributed by atoms with Crippen molar-refractivity contribution in [2.45, 2.75) is 31.4 Å². The molecule has 110 valence electrons. The number of nitrogens with one attached hydrogen (secondary N) is 1. The van der Waals surface area contributed by atoms with Gasteiger partial charge in [0, 0.05) is 6.54 Å². The molecule has 1 atom stereocenters. The molecular formula is C15H21NO3S. The first-order valence-electron chi connectivity index (χ1n) is 6.78. The van der Waals surface area contributed by atoms with Crippen LogP contribution in [0.15, 0.2) is 30.3 Å². The molecule has 2 N–H and O–H groups in total. The van der Waals surface area contributed by atoms with Crippen LogP contribution in [-0.4, -0.2) is 34.5 Å². The van der Waals surface area contributed by atoms with Crippen LogP contribution in [0.4, 0.5) is 0 Å². The van der Waals surface area contributed by atoms with Crippen LogP contribution in [0.1, 0.15) is 25.3 Å². The van der Waals surface area contributed by atoms with Crippen LogP contribution in [0.2, 0.25) is 0 Å². The number of rotatable bonds is 9. The fourth-order valence-electron chi connectivity index (χ4n) is 1.76. The van der Waals surface area contributed by atoms with E-state index in [0.717, 1.165) is 12.8 Å². The van der Waals surface area contributed by atoms with Gasteiger partial charge < -0.3 is 10.4 Å². The fraction of sp³-hybridized carbons (Fsp3) is 0.467. The second-order valence-electron chi connectivity index (χ2n) is 4.49. The van der Waals surface area contributed by atoms with Gasteiger partial charge in [0.05, 0.1) is 5.75 Å². The molecule has 0 aliphatic rings. The lowest BCUT2D eigenvalue weighted by Crippen LogP contribution is -2.28. The number of thioether (sulfide) groups is 1. The van der Waals surface area contributed by atoms with Crippen molar-refractivity contribution in [2.75, 3.05) is 12.3 Å². The van der Waals surface area contributed by atoms with E-state index >= 15 is 0 Å². The largest absolute Gasteiger partial charge is 0.480 e. The van der Waals surface area contributed by atoms with Crippen LogP contribution in [0, 0.1) is 0 Å². The van der Waals surface area contributed by atoms with Gasteiger partial charge in [-0.3, -0.25) is 9.59 Å². The zero-order chi connectivity index (χ0) is 14.8. The average Bonchev–Trinajstić information content (AvgIpc) is 2.45. The molecule has 0 aromatic heterocycles. The Hall–Kier alpha value is -1.49. The third kappa shape index (κ3) is 6.61. The molecule has 1 aromatic rings. The number of carboxylic acid groups (broad SMARTS) is 1. The van der Waals surface area contributed by atoms with E-state index in [1.165, 1.54) is 17.3 Å². The van der Waals surface area contributed by atoms with E-state index in [1.807, 2.05) is 25.1 Å². The van der Waals surface area contributed by atoms with E-state index in [4.69, 9.17) is 5.11 Å². The number of amides is 1. The van der Waals surface area contributed by atoms with Crippen molar-refractivity contribution >= 4 is 23.6 Å². The zero-order valence-electron chi connectivity index (χ0n) is 11.7. The first kappa shape index (κ1) is 16.6. The summed E-state index contributed by atoms with van der Waals surface area (Å²) in [6.07, 6.45) is 2.35. The van der Waals surface area contributed by atoms with Crippen molar-refractivity contribution in [1.82, 2.24) is 5.32 Å². The van der Waals surface area contributed by atoms with Crippen molar-refractivity contribution in [1.29, 1.82) is 0 Å². The summed E-state index contributed by atoms with van der Waals surface area (Å²) in [6.45, 7) is 2.43. The predicted octanol–water partition coefficient (Wildman–Crippen LogP) is 2.33. The summed E-state index contributed by atoms with van der Waals surface area (Å²) in [5.41, 5.74) is 1.26. The summed E-state index contributed by atoms with van der Waals surface area (Å²) < 4.78 is 0. The minimum Gasteiger partial charge on any atom is -0.480 e. The molecule has 20 heavy (non-hydrogen) atoms. The Balaban J connectivity index is 2.13. The summed E-state index contributed by atoms with van der Waals surface area (Å²) in [5, 5.41) is 11.2. The fourth-order valence-corrected chi connectivity index (χ4v) is 2.59. The molecule has 1 aromatic carbocycles. The summed E-state index contributed by atoms with van der Waals surface area (Å²) in [4.78, 5) is 22.4. The van der Waals surface area contributed by atoms with Gasteiger partial charge in [0.15, 0.2) is 0 Å². The summed E-state index contributed by atoms with van der Waals surface area (Å²) >= 11 is 1.18. The van der Waals surface area contributed by atoms with Crippen molar-refractivity contribution in [3.63, 3.8) is 0 Å². The summed E-state index contributed by atoms with van der Waals surface area (Å²) in [6, 6.07) is 10.1. The maximum Gasteiger partial charge on any atom is 0.316 e. The lowest BCUT2D eigenvalue weighted by atomic mass is 10.1. The lowest BCUT2D eigenvalue weighted by molar-refractivity contribution is -0.136. The van der Waals surface area contributed by atoms with Crippen LogP contribution in [0.5, 0.6) is 0 Å². The minimum atomic E-state index is -0.852. The molecule has 4 nitrogen and oxygen atoms in total. The number of aliphatic carboxylic acids is 1. The molecule has 1 amide bonds. The van der Waals surface area contributed by atoms with E-state index in [2.05, 4.69) is 17.4 Å². The van der Waals surface area contributed by atoms with Crippen molar-refractivity contribution in [3.05, 3.63) is 35.9 Å². The van der Waals surface area contributed by atoms with Crippen LogP contribution in [0.3, 0.4) is 0 Å². The van der Waals surface area contributed by atoms with Gasteiger partial charge in [-0.05, 0) is 24.8 Å². The molecule has 0 spiro atoms. The highest BCUT2D eigenvalue weighted by Gasteiger charge is 2.16. The Kier molecular flexibility index (Phi) is 7.80. The zero-order valence-corrected chi connectivity index (χ0v) is 12.5. The number of benzene rings is 1. The molecule has 1 unspecified atom stereocenters. The number of carbonyl (C=O) groups is 2. The summed E-state index contributed by atoms with van der Waals surface area (Å²) in [5.74, 6) is -0.743. The molecule has 0 fully saturated rings. The van der Waals surface area contributed by atoms with E-state index in [0.29, 0.717) is 13.0 Å². The topological polar surface area (TPSA) is 66.4 Å². The Labute approximate surface area is 124 Å². The van der Waals surface area contributed by atoms with Gasteiger partial charge in [-0.2, -0.15) is 0 Å². The van der Waals surface area contributed by atoms with E-state index in [-0.39, 0.29) is 11.7 Å². The Morgan fingerprint density at radius 2 is 2.00 bits per heavy atom. The maximum atomic E-state index is 11.6. The normalized spacial score (nSPS) is 11.8. The van der Waals surface area contributed by atoms with Crippen LogP contribution < -0.4 is 5.32 Å². The molecule has 1 rings (SSSR count). The van der Waals surface area contributed by atoms with Gasteiger partial charge in [0.1, 0.15) is 5.25 Å². The van der Waals surface area contributed by atoms with Crippen LogP contribution in [-0.2, 0) is 16.0 Å². The highest BCUT2D eigenvalue weighted by molar-refractivity contribution is 8.01. The SMILES string of the molecule is CCC(SCC(=O)NCCCc1ccccc1)C(=O)O. The van der Waals surface area contributed by atoms with Crippen molar-refractivity contribution in [3.8, 4) is 0 Å². The average molecular weight is 295 g/mol. The Morgan fingerprint density at radius 3 is 2.60 bits per heavy atom. The van der Waals surface area contributed by atoms with E-state index in [9.17, 15) is 9.59 Å². The molecule has 0 bridgehead atoms. The van der Waals surface area contributed by atoms with Gasteiger partial charge in [-0.25, -0.2) is 0 Å². The van der Waals surface area contributed by atoms with Crippen molar-refractivity contribution < 1.29 is 14.7 Å². The van der Waals surface area contributed by atoms with Crippen LogP contribution >= 0.6 is 11.8 Å². The number of hydrogen-bond acceptors (Lipinski definition) is 3. The first-order valence-corrected chi connectivity index (χ1v) is 7.83. The number of carbonyl (C=O) groups excluding carboxylic acids is 1. The molecule has 0 aliphatic carbocycles. The minimum absolute atomic E-state index is 0.0947. The number of hydrogen-bond donors (Lipinski definition) is 2. The Bertz CT molecular complexity index is 422. The third-order valence-corrected chi connectivity index (χ3v) is 4.24. The van der Waals surface area contributed by atoms with Gasteiger partial charge >= 0.3 is 5.97 Å². The lowest BCUT2D eigenvalue weighted by Gasteiger charge is -2.09. The molecular weight excluding hydrogens is 274 g/mol. The van der Waals surface area contributed by atoms with Gasteiger partial charge in [0.25, 0.3) is 0 Å². The Morgan fingerprint density at radius 1 is 1.30 bits per heavy atom. The number of carboxylic acids is 1. The van der Waals surface area contributed by atoms with E-state index in [1.54, 1.807) is 0 Å². The first-order chi connectivity index (χ1) is 9.63. The highest BCUT2D eigenvalue weighted by atomic mass is 32.2. The smallest absolute Gasteiger partial charge is 0.316 e. The van der Waals surface area contributed by atoms with Crippen LogP contribution in [0.25, 0.3) is 0 Å². The molecule has 0 saturated carbocycles. The van der Waals surface area contributed by atoms with Crippen molar-refractivity contribution in [2.24, 2.45) is 0 Å². The predicted molar refractivity (Wildman–Crippen MR) is 81.9 cm³/mol. The van der Waals surface area contributed by atoms with Gasteiger partial charge in [-0.15, -0.1) is 11.8 Å². The molecule has 0 heterocycles. The standard InChI is InChI=1S/C15H21NO3S/c1-2-13(15(18)19)20-11-14(17)16-10-6-9-12-7-4-3-5-8-12/h3-5,7-8,13H,2,6,9-11H2,1H3,(H,16,17)(H,18,19). The number of aryl methyl sites for hydroxylation is 1. The highest BCUT2D eigenvalue weighted by Crippen LogP contribution is 2.14. The molecule has 0 radical (unpaired) electrons. The van der Waals surface area contributed by atoms with Gasteiger partial charge in [0.2, 0.25) is 5.91 Å². The maximum absolute atomic E-state index is 11.6. The monoisotopic (exact) mass is 295 g/mol. The molecule has 5 heteroatoms. The second-order valence-corrected chi connectivity index (χ2v) is 5.68. The van der Waals surface area contributed by atoms with E-state index < -0.39 is 11.2 Å². The quantitative estimate of drug-likeness (QED) is 0.686. The molecule has 0 saturated heterocycles. The third-order valence-electron chi connectivity index (χ3n) is 2.87. The summed E-state index contributed by atoms with van der Waals surface area (Å²) in [7, 11) is 0. The van der Waals surface area contributed by atoms with Gasteiger partial charge in [-0.1, -0.05) is 37.3 Å². The second kappa shape index (κ2) is 9.42.